The Bertz CT molecular complexity index is 806. The largest absolute Gasteiger partial charge is 0.308 e. The van der Waals surface area contributed by atoms with E-state index in [9.17, 15) is 4.79 Å². The second-order valence-corrected chi connectivity index (χ2v) is 4.92. The summed E-state index contributed by atoms with van der Waals surface area (Å²) in [5, 5.41) is 0. The number of amides is 1. The predicted molar refractivity (Wildman–Crippen MR) is 77.0 cm³/mol. The fourth-order valence-electron chi connectivity index (χ4n) is 2.81. The van der Waals surface area contributed by atoms with Crippen molar-refractivity contribution in [1.82, 2.24) is 9.38 Å². The van der Waals surface area contributed by atoms with E-state index >= 15 is 0 Å². The zero-order valence-corrected chi connectivity index (χ0v) is 10.9. The number of para-hydroxylation sites is 1. The molecule has 3 heterocycles. The molecule has 1 aromatic carbocycles. The molecule has 0 aliphatic carbocycles. The number of carbonyl (C=O) groups excluding carboxylic acids is 1. The topological polar surface area (TPSA) is 37.6 Å². The highest BCUT2D eigenvalue weighted by molar-refractivity contribution is 6.10. The number of anilines is 1. The van der Waals surface area contributed by atoms with Gasteiger partial charge in [-0.05, 0) is 30.2 Å². The molecular weight excluding hydrogens is 250 g/mol. The van der Waals surface area contributed by atoms with Gasteiger partial charge < -0.3 is 9.30 Å². The highest BCUT2D eigenvalue weighted by Crippen LogP contribution is 2.29. The molecule has 0 N–H and O–H groups in total. The van der Waals surface area contributed by atoms with Crippen LogP contribution in [0.5, 0.6) is 0 Å². The Morgan fingerprint density at radius 1 is 1.10 bits per heavy atom. The van der Waals surface area contributed by atoms with Gasteiger partial charge in [-0.25, -0.2) is 4.98 Å². The van der Waals surface area contributed by atoms with Gasteiger partial charge in [-0.3, -0.25) is 4.79 Å². The Morgan fingerprint density at radius 2 is 2.00 bits per heavy atom. The van der Waals surface area contributed by atoms with E-state index < -0.39 is 0 Å². The van der Waals surface area contributed by atoms with Crippen molar-refractivity contribution in [1.29, 1.82) is 0 Å². The number of rotatable bonds is 1. The van der Waals surface area contributed by atoms with E-state index in [0.717, 1.165) is 18.7 Å². The maximum Gasteiger partial charge on any atom is 0.262 e. The van der Waals surface area contributed by atoms with Crippen molar-refractivity contribution in [3.8, 4) is 0 Å². The molecule has 0 radical (unpaired) electrons. The Morgan fingerprint density at radius 3 is 2.95 bits per heavy atom. The smallest absolute Gasteiger partial charge is 0.262 e. The van der Waals surface area contributed by atoms with Gasteiger partial charge in [0.1, 0.15) is 5.65 Å². The van der Waals surface area contributed by atoms with Crippen LogP contribution >= 0.6 is 0 Å². The molecule has 0 spiro atoms. The lowest BCUT2D eigenvalue weighted by molar-refractivity contribution is 0.0990. The summed E-state index contributed by atoms with van der Waals surface area (Å²) in [6, 6.07) is 11.8. The molecule has 2 aromatic heterocycles. The van der Waals surface area contributed by atoms with Crippen LogP contribution in [0.25, 0.3) is 5.65 Å². The monoisotopic (exact) mass is 263 g/mol. The van der Waals surface area contributed by atoms with Gasteiger partial charge >= 0.3 is 0 Å². The number of pyridine rings is 1. The molecule has 0 atom stereocenters. The van der Waals surface area contributed by atoms with Crippen molar-refractivity contribution in [2.45, 2.75) is 6.42 Å². The quantitative estimate of drug-likeness (QED) is 0.676. The summed E-state index contributed by atoms with van der Waals surface area (Å²) in [5.41, 5.74) is 3.61. The number of carbonyl (C=O) groups is 1. The minimum atomic E-state index is 0.0201. The number of aromatic nitrogens is 2. The number of benzene rings is 1. The van der Waals surface area contributed by atoms with Crippen molar-refractivity contribution in [2.24, 2.45) is 0 Å². The van der Waals surface area contributed by atoms with E-state index in [2.05, 4.69) is 11.1 Å². The zero-order valence-electron chi connectivity index (χ0n) is 10.9. The first-order chi connectivity index (χ1) is 9.84. The van der Waals surface area contributed by atoms with E-state index in [1.165, 1.54) is 5.56 Å². The highest BCUT2D eigenvalue weighted by atomic mass is 16.2. The minimum Gasteiger partial charge on any atom is -0.308 e. The van der Waals surface area contributed by atoms with Crippen LogP contribution in [0.15, 0.2) is 55.0 Å². The van der Waals surface area contributed by atoms with Crippen LogP contribution in [0.2, 0.25) is 0 Å². The first-order valence-electron chi connectivity index (χ1n) is 6.66. The summed E-state index contributed by atoms with van der Waals surface area (Å²) < 4.78 is 1.87. The number of hydrogen-bond acceptors (Lipinski definition) is 2. The van der Waals surface area contributed by atoms with E-state index in [1.54, 1.807) is 6.20 Å². The molecular formula is C16H13N3O. The summed E-state index contributed by atoms with van der Waals surface area (Å²) >= 11 is 0. The maximum atomic E-state index is 12.8. The Hall–Kier alpha value is -2.62. The SMILES string of the molecule is O=C(c1cccn2ccnc12)N1CCc2ccccc21. The molecule has 4 heteroatoms. The molecule has 0 bridgehead atoms. The van der Waals surface area contributed by atoms with Gasteiger partial charge in [0.05, 0.1) is 5.56 Å². The predicted octanol–water partition coefficient (Wildman–Crippen LogP) is 2.54. The second kappa shape index (κ2) is 4.20. The van der Waals surface area contributed by atoms with Crippen molar-refractivity contribution in [3.63, 3.8) is 0 Å². The fraction of sp³-hybridized carbons (Fsp3) is 0.125. The molecule has 1 aliphatic heterocycles. The van der Waals surface area contributed by atoms with Crippen LogP contribution in [-0.4, -0.2) is 21.8 Å². The molecule has 3 aromatic rings. The van der Waals surface area contributed by atoms with Crippen LogP contribution < -0.4 is 4.90 Å². The molecule has 0 unspecified atom stereocenters. The van der Waals surface area contributed by atoms with Crippen LogP contribution in [0.1, 0.15) is 15.9 Å². The molecule has 20 heavy (non-hydrogen) atoms. The second-order valence-electron chi connectivity index (χ2n) is 4.92. The third-order valence-electron chi connectivity index (χ3n) is 3.78. The van der Waals surface area contributed by atoms with Gasteiger partial charge in [-0.2, -0.15) is 0 Å². The number of hydrogen-bond donors (Lipinski definition) is 0. The van der Waals surface area contributed by atoms with Crippen molar-refractivity contribution in [2.75, 3.05) is 11.4 Å². The van der Waals surface area contributed by atoms with Gasteiger partial charge in [0, 0.05) is 30.8 Å². The van der Waals surface area contributed by atoms with Gasteiger partial charge in [0.15, 0.2) is 0 Å². The first kappa shape index (κ1) is 11.2. The third kappa shape index (κ3) is 1.54. The van der Waals surface area contributed by atoms with E-state index in [0.29, 0.717) is 11.2 Å². The van der Waals surface area contributed by atoms with Gasteiger partial charge in [0.2, 0.25) is 0 Å². The summed E-state index contributed by atoms with van der Waals surface area (Å²) in [7, 11) is 0. The third-order valence-corrected chi connectivity index (χ3v) is 3.78. The lowest BCUT2D eigenvalue weighted by Gasteiger charge is -2.17. The van der Waals surface area contributed by atoms with Gasteiger partial charge in [-0.15, -0.1) is 0 Å². The first-order valence-corrected chi connectivity index (χ1v) is 6.66. The van der Waals surface area contributed by atoms with Gasteiger partial charge in [0.25, 0.3) is 5.91 Å². The Kier molecular flexibility index (Phi) is 2.36. The normalized spacial score (nSPS) is 13.7. The number of nitrogens with zero attached hydrogens (tertiary/aromatic N) is 3. The van der Waals surface area contributed by atoms with E-state index in [4.69, 9.17) is 0 Å². The molecule has 98 valence electrons. The summed E-state index contributed by atoms with van der Waals surface area (Å²) in [5.74, 6) is 0.0201. The zero-order chi connectivity index (χ0) is 13.5. The number of imidazole rings is 1. The summed E-state index contributed by atoms with van der Waals surface area (Å²) in [6.45, 7) is 0.736. The molecule has 0 fully saturated rings. The van der Waals surface area contributed by atoms with Crippen LogP contribution in [0, 0.1) is 0 Å². The maximum absolute atomic E-state index is 12.8. The molecule has 1 amide bonds. The van der Waals surface area contributed by atoms with E-state index in [-0.39, 0.29) is 5.91 Å². The van der Waals surface area contributed by atoms with Crippen molar-refractivity contribution >= 4 is 17.2 Å². The van der Waals surface area contributed by atoms with Crippen molar-refractivity contribution in [3.05, 3.63) is 66.1 Å². The summed E-state index contributed by atoms with van der Waals surface area (Å²) in [6.07, 6.45) is 6.38. The highest BCUT2D eigenvalue weighted by Gasteiger charge is 2.26. The fourth-order valence-corrected chi connectivity index (χ4v) is 2.81. The lowest BCUT2D eigenvalue weighted by Crippen LogP contribution is -2.29. The summed E-state index contributed by atoms with van der Waals surface area (Å²) in [4.78, 5) is 18.9. The average Bonchev–Trinajstić information content (AvgIpc) is 3.12. The molecule has 4 nitrogen and oxygen atoms in total. The minimum absolute atomic E-state index is 0.0201. The lowest BCUT2D eigenvalue weighted by atomic mass is 10.2. The Balaban J connectivity index is 1.81. The molecule has 0 saturated heterocycles. The van der Waals surface area contributed by atoms with Crippen molar-refractivity contribution < 1.29 is 4.79 Å². The number of fused-ring (bicyclic) bond motifs is 2. The standard InChI is InChI=1S/C16H13N3O/c20-16(13-5-3-9-18-11-8-17-15(13)18)19-10-7-12-4-1-2-6-14(12)19/h1-6,8-9,11H,7,10H2. The van der Waals surface area contributed by atoms with E-state index in [1.807, 2.05) is 52.0 Å². The van der Waals surface area contributed by atoms with Crippen LogP contribution in [0.4, 0.5) is 5.69 Å². The molecule has 1 aliphatic rings. The van der Waals surface area contributed by atoms with Crippen LogP contribution in [-0.2, 0) is 6.42 Å². The molecule has 0 saturated carbocycles. The Labute approximate surface area is 116 Å². The van der Waals surface area contributed by atoms with Gasteiger partial charge in [-0.1, -0.05) is 18.2 Å². The molecule has 4 rings (SSSR count). The average molecular weight is 263 g/mol. The van der Waals surface area contributed by atoms with Crippen LogP contribution in [0.3, 0.4) is 0 Å².